The van der Waals surface area contributed by atoms with Gasteiger partial charge in [0, 0.05) is 11.6 Å². The van der Waals surface area contributed by atoms with Crippen LogP contribution in [0.4, 0.5) is 0 Å². The van der Waals surface area contributed by atoms with Gasteiger partial charge in [0.2, 0.25) is 0 Å². The van der Waals surface area contributed by atoms with E-state index in [1.165, 1.54) is 0 Å². The molecule has 0 spiro atoms. The second kappa shape index (κ2) is 6.50. The van der Waals surface area contributed by atoms with Gasteiger partial charge in [-0.2, -0.15) is 5.10 Å². The minimum atomic E-state index is -0.121. The van der Waals surface area contributed by atoms with E-state index in [2.05, 4.69) is 27.8 Å². The summed E-state index contributed by atoms with van der Waals surface area (Å²) in [5.41, 5.74) is 1.95. The Morgan fingerprint density at radius 2 is 2.23 bits per heavy atom. The first-order chi connectivity index (χ1) is 10.6. The molecule has 2 unspecified atom stereocenters. The zero-order valence-electron chi connectivity index (χ0n) is 12.4. The van der Waals surface area contributed by atoms with Crippen molar-refractivity contribution in [3.8, 4) is 11.3 Å². The summed E-state index contributed by atoms with van der Waals surface area (Å²) in [7, 11) is 0. The molecule has 0 aliphatic carbocycles. The van der Waals surface area contributed by atoms with E-state index in [0.29, 0.717) is 22.3 Å². The number of hydrogen-bond donors (Lipinski definition) is 3. The molecule has 0 bridgehead atoms. The predicted octanol–water partition coefficient (Wildman–Crippen LogP) is 2.46. The molecule has 2 atom stereocenters. The first kappa shape index (κ1) is 15.1. The average molecular weight is 319 g/mol. The summed E-state index contributed by atoms with van der Waals surface area (Å²) in [5.74, 6) is 0.299. The molecule has 1 aromatic heterocycles. The summed E-state index contributed by atoms with van der Waals surface area (Å²) in [6.45, 7) is 4.00. The standard InChI is InChI=1S/C16H19ClN4O/c1-10-9-18-7-6-13(10)19-16(22)15-8-14(20-21-15)11-4-2-3-5-12(11)17/h2-5,8,10,13,18H,6-7,9H2,1H3,(H,19,22)(H,20,21). The third-order valence-corrected chi connectivity index (χ3v) is 4.40. The summed E-state index contributed by atoms with van der Waals surface area (Å²) >= 11 is 6.16. The molecule has 3 rings (SSSR count). The van der Waals surface area contributed by atoms with Crippen molar-refractivity contribution in [1.82, 2.24) is 20.8 Å². The van der Waals surface area contributed by atoms with Crippen molar-refractivity contribution in [2.75, 3.05) is 13.1 Å². The fraction of sp³-hybridized carbons (Fsp3) is 0.375. The fourth-order valence-corrected chi connectivity index (χ4v) is 2.95. The second-order valence-electron chi connectivity index (χ2n) is 5.70. The summed E-state index contributed by atoms with van der Waals surface area (Å²) in [5, 5.41) is 14.0. The molecule has 6 heteroatoms. The molecule has 2 aromatic rings. The Morgan fingerprint density at radius 1 is 1.41 bits per heavy atom. The molecule has 1 amide bonds. The normalized spacial score (nSPS) is 21.5. The van der Waals surface area contributed by atoms with E-state index in [1.807, 2.05) is 24.3 Å². The molecular weight excluding hydrogens is 300 g/mol. The Hall–Kier alpha value is -1.85. The highest BCUT2D eigenvalue weighted by molar-refractivity contribution is 6.33. The summed E-state index contributed by atoms with van der Waals surface area (Å²) in [6, 6.07) is 9.39. The molecule has 1 aliphatic rings. The van der Waals surface area contributed by atoms with Crippen LogP contribution in [0.25, 0.3) is 11.3 Å². The average Bonchev–Trinajstić information content (AvgIpc) is 3.00. The van der Waals surface area contributed by atoms with Crippen LogP contribution in [0, 0.1) is 5.92 Å². The van der Waals surface area contributed by atoms with Crippen LogP contribution >= 0.6 is 11.6 Å². The van der Waals surface area contributed by atoms with Crippen molar-refractivity contribution in [3.63, 3.8) is 0 Å². The Bertz CT molecular complexity index is 670. The zero-order chi connectivity index (χ0) is 15.5. The third-order valence-electron chi connectivity index (χ3n) is 4.07. The van der Waals surface area contributed by atoms with E-state index in [0.717, 1.165) is 25.1 Å². The van der Waals surface area contributed by atoms with E-state index in [4.69, 9.17) is 11.6 Å². The van der Waals surface area contributed by atoms with Gasteiger partial charge in [0.25, 0.3) is 5.91 Å². The minimum absolute atomic E-state index is 0.121. The number of aromatic nitrogens is 2. The number of amides is 1. The molecule has 116 valence electrons. The van der Waals surface area contributed by atoms with Crippen molar-refractivity contribution < 1.29 is 4.79 Å². The molecule has 1 aliphatic heterocycles. The SMILES string of the molecule is CC1CNCCC1NC(=O)c1cc(-c2ccccc2Cl)n[nH]1. The van der Waals surface area contributed by atoms with Crippen molar-refractivity contribution >= 4 is 17.5 Å². The van der Waals surface area contributed by atoms with Gasteiger partial charge in [-0.3, -0.25) is 9.89 Å². The van der Waals surface area contributed by atoms with Gasteiger partial charge < -0.3 is 10.6 Å². The Labute approximate surface area is 134 Å². The highest BCUT2D eigenvalue weighted by Gasteiger charge is 2.23. The lowest BCUT2D eigenvalue weighted by molar-refractivity contribution is 0.0909. The Balaban J connectivity index is 1.73. The number of halogens is 1. The molecule has 5 nitrogen and oxygen atoms in total. The van der Waals surface area contributed by atoms with Gasteiger partial charge in [0.15, 0.2) is 0 Å². The molecule has 2 heterocycles. The maximum absolute atomic E-state index is 12.4. The lowest BCUT2D eigenvalue weighted by Gasteiger charge is -2.29. The molecule has 1 saturated heterocycles. The Morgan fingerprint density at radius 3 is 3.00 bits per heavy atom. The van der Waals surface area contributed by atoms with Gasteiger partial charge in [0.05, 0.1) is 10.7 Å². The summed E-state index contributed by atoms with van der Waals surface area (Å²) in [6.07, 6.45) is 0.943. The summed E-state index contributed by atoms with van der Waals surface area (Å²) in [4.78, 5) is 12.4. The highest BCUT2D eigenvalue weighted by atomic mass is 35.5. The van der Waals surface area contributed by atoms with Gasteiger partial charge in [-0.25, -0.2) is 0 Å². The van der Waals surface area contributed by atoms with Crippen molar-refractivity contribution in [3.05, 3.63) is 41.0 Å². The highest BCUT2D eigenvalue weighted by Crippen LogP contribution is 2.26. The van der Waals surface area contributed by atoms with Crippen molar-refractivity contribution in [2.45, 2.75) is 19.4 Å². The number of benzene rings is 1. The number of aromatic amines is 1. The number of piperidine rings is 1. The Kier molecular flexibility index (Phi) is 4.45. The molecule has 0 saturated carbocycles. The number of hydrogen-bond acceptors (Lipinski definition) is 3. The number of nitrogens with one attached hydrogen (secondary N) is 3. The second-order valence-corrected chi connectivity index (χ2v) is 6.10. The third kappa shape index (κ3) is 3.15. The molecule has 1 aromatic carbocycles. The smallest absolute Gasteiger partial charge is 0.269 e. The molecule has 1 fully saturated rings. The van der Waals surface area contributed by atoms with Crippen LogP contribution in [-0.4, -0.2) is 35.2 Å². The van der Waals surface area contributed by atoms with Crippen LogP contribution in [-0.2, 0) is 0 Å². The van der Waals surface area contributed by atoms with Crippen LogP contribution in [0.15, 0.2) is 30.3 Å². The summed E-state index contributed by atoms with van der Waals surface area (Å²) < 4.78 is 0. The number of H-pyrrole nitrogens is 1. The molecule has 3 N–H and O–H groups in total. The lowest BCUT2D eigenvalue weighted by atomic mass is 9.95. The number of rotatable bonds is 3. The quantitative estimate of drug-likeness (QED) is 0.814. The monoisotopic (exact) mass is 318 g/mol. The molecule has 0 radical (unpaired) electrons. The van der Waals surface area contributed by atoms with Crippen molar-refractivity contribution in [2.24, 2.45) is 5.92 Å². The number of carbonyl (C=O) groups excluding carboxylic acids is 1. The topological polar surface area (TPSA) is 69.8 Å². The van der Waals surface area contributed by atoms with Crippen LogP contribution in [0.2, 0.25) is 5.02 Å². The minimum Gasteiger partial charge on any atom is -0.348 e. The van der Waals surface area contributed by atoms with E-state index in [9.17, 15) is 4.79 Å². The number of nitrogens with zero attached hydrogens (tertiary/aromatic N) is 1. The predicted molar refractivity (Wildman–Crippen MR) is 86.9 cm³/mol. The first-order valence-electron chi connectivity index (χ1n) is 7.47. The van der Waals surface area contributed by atoms with Crippen LogP contribution in [0.3, 0.4) is 0 Å². The van der Waals surface area contributed by atoms with E-state index in [-0.39, 0.29) is 11.9 Å². The van der Waals surface area contributed by atoms with Gasteiger partial charge in [-0.15, -0.1) is 0 Å². The van der Waals surface area contributed by atoms with E-state index in [1.54, 1.807) is 6.07 Å². The fourth-order valence-electron chi connectivity index (χ4n) is 2.72. The van der Waals surface area contributed by atoms with Crippen LogP contribution < -0.4 is 10.6 Å². The van der Waals surface area contributed by atoms with Crippen LogP contribution in [0.1, 0.15) is 23.8 Å². The maximum Gasteiger partial charge on any atom is 0.269 e. The van der Waals surface area contributed by atoms with Gasteiger partial charge in [-0.05, 0) is 37.6 Å². The van der Waals surface area contributed by atoms with Crippen molar-refractivity contribution in [1.29, 1.82) is 0 Å². The van der Waals surface area contributed by atoms with E-state index < -0.39 is 0 Å². The lowest BCUT2D eigenvalue weighted by Crippen LogP contribution is -2.48. The molecule has 22 heavy (non-hydrogen) atoms. The first-order valence-corrected chi connectivity index (χ1v) is 7.85. The molecular formula is C16H19ClN4O. The largest absolute Gasteiger partial charge is 0.348 e. The van der Waals surface area contributed by atoms with Crippen LogP contribution in [0.5, 0.6) is 0 Å². The zero-order valence-corrected chi connectivity index (χ0v) is 13.2. The van der Waals surface area contributed by atoms with Gasteiger partial charge in [0.1, 0.15) is 5.69 Å². The number of carbonyl (C=O) groups is 1. The van der Waals surface area contributed by atoms with Gasteiger partial charge >= 0.3 is 0 Å². The van der Waals surface area contributed by atoms with E-state index >= 15 is 0 Å². The maximum atomic E-state index is 12.4. The van der Waals surface area contributed by atoms with Gasteiger partial charge in [-0.1, -0.05) is 36.7 Å².